The van der Waals surface area contributed by atoms with Crippen LogP contribution < -0.4 is 0 Å². The molecule has 0 bridgehead atoms. The standard InChI is InChI=1S/C16H19N5O2S/c1-11-4-5-13-14(7-11)20-16(19-13)12-3-2-6-21(9-12)24(22,23)15-8-17-10-18-15/h4-5,7-8,10,12H,2-3,6,9H2,1H3,(H,17,18)(H,19,20). The lowest BCUT2D eigenvalue weighted by Crippen LogP contribution is -2.39. The molecule has 2 N–H and O–H groups in total. The van der Waals surface area contributed by atoms with Crippen LogP contribution in [0.3, 0.4) is 0 Å². The highest BCUT2D eigenvalue weighted by Gasteiger charge is 2.32. The average Bonchev–Trinajstić information content (AvgIpc) is 3.24. The number of aromatic nitrogens is 4. The topological polar surface area (TPSA) is 94.7 Å². The van der Waals surface area contributed by atoms with Gasteiger partial charge in [-0.05, 0) is 37.5 Å². The van der Waals surface area contributed by atoms with Crippen LogP contribution in [0.4, 0.5) is 0 Å². The smallest absolute Gasteiger partial charge is 0.260 e. The number of nitrogens with one attached hydrogen (secondary N) is 2. The van der Waals surface area contributed by atoms with E-state index in [1.165, 1.54) is 22.4 Å². The zero-order valence-corrected chi connectivity index (χ0v) is 14.2. The van der Waals surface area contributed by atoms with Crippen LogP contribution in [0.25, 0.3) is 11.0 Å². The van der Waals surface area contributed by atoms with E-state index in [2.05, 4.69) is 26.0 Å². The Morgan fingerprint density at radius 2 is 2.21 bits per heavy atom. The molecular weight excluding hydrogens is 326 g/mol. The van der Waals surface area contributed by atoms with E-state index in [4.69, 9.17) is 0 Å². The van der Waals surface area contributed by atoms with Gasteiger partial charge in [0.05, 0.1) is 23.6 Å². The van der Waals surface area contributed by atoms with Crippen LogP contribution in [0.15, 0.2) is 35.7 Å². The predicted molar refractivity (Wildman–Crippen MR) is 90.2 cm³/mol. The second-order valence-corrected chi connectivity index (χ2v) is 8.17. The van der Waals surface area contributed by atoms with E-state index in [1.807, 2.05) is 19.1 Å². The molecule has 1 aliphatic heterocycles. The van der Waals surface area contributed by atoms with E-state index in [0.29, 0.717) is 13.1 Å². The minimum absolute atomic E-state index is 0.0733. The number of hydrogen-bond donors (Lipinski definition) is 2. The zero-order valence-electron chi connectivity index (χ0n) is 13.4. The van der Waals surface area contributed by atoms with Crippen molar-refractivity contribution in [1.82, 2.24) is 24.2 Å². The number of hydrogen-bond acceptors (Lipinski definition) is 4. The summed E-state index contributed by atoms with van der Waals surface area (Å²) >= 11 is 0. The Balaban J connectivity index is 1.62. The van der Waals surface area contributed by atoms with E-state index in [1.54, 1.807) is 0 Å². The fraction of sp³-hybridized carbons (Fsp3) is 0.375. The number of sulfonamides is 1. The average molecular weight is 345 g/mol. The largest absolute Gasteiger partial charge is 0.342 e. The van der Waals surface area contributed by atoms with Gasteiger partial charge >= 0.3 is 0 Å². The van der Waals surface area contributed by atoms with E-state index in [0.717, 1.165) is 29.7 Å². The number of fused-ring (bicyclic) bond motifs is 1. The van der Waals surface area contributed by atoms with Gasteiger partial charge in [0.1, 0.15) is 5.82 Å². The Hall–Kier alpha value is -2.19. The third-order valence-electron chi connectivity index (χ3n) is 4.52. The normalized spacial score (nSPS) is 19.8. The number of rotatable bonds is 3. The first kappa shape index (κ1) is 15.3. The third kappa shape index (κ3) is 2.61. The molecule has 0 saturated carbocycles. The fourth-order valence-corrected chi connectivity index (χ4v) is 4.66. The number of imidazole rings is 2. The number of H-pyrrole nitrogens is 2. The Labute approximate surface area is 140 Å². The van der Waals surface area contributed by atoms with Gasteiger partial charge in [0.25, 0.3) is 10.0 Å². The van der Waals surface area contributed by atoms with Crippen molar-refractivity contribution in [1.29, 1.82) is 0 Å². The molecule has 3 heterocycles. The summed E-state index contributed by atoms with van der Waals surface area (Å²) in [6.45, 7) is 3.00. The van der Waals surface area contributed by atoms with Gasteiger partial charge in [0.2, 0.25) is 0 Å². The summed E-state index contributed by atoms with van der Waals surface area (Å²) < 4.78 is 26.9. The molecule has 1 atom stereocenters. The van der Waals surface area contributed by atoms with Gasteiger partial charge in [-0.2, -0.15) is 4.31 Å². The molecule has 4 rings (SSSR count). The fourth-order valence-electron chi connectivity index (χ4n) is 3.24. The van der Waals surface area contributed by atoms with Crippen molar-refractivity contribution < 1.29 is 8.42 Å². The maximum atomic E-state index is 12.7. The molecular formula is C16H19N5O2S. The summed E-state index contributed by atoms with van der Waals surface area (Å²) in [5.41, 5.74) is 3.09. The van der Waals surface area contributed by atoms with E-state index in [9.17, 15) is 8.42 Å². The number of piperidine rings is 1. The predicted octanol–water partition coefficient (Wildman–Crippen LogP) is 2.16. The molecule has 1 aromatic carbocycles. The summed E-state index contributed by atoms with van der Waals surface area (Å²) in [5, 5.41) is 0.142. The van der Waals surface area contributed by atoms with Gasteiger partial charge < -0.3 is 9.97 Å². The summed E-state index contributed by atoms with van der Waals surface area (Å²) in [7, 11) is -3.52. The van der Waals surface area contributed by atoms with Crippen LogP contribution in [0.1, 0.15) is 30.1 Å². The van der Waals surface area contributed by atoms with Gasteiger partial charge in [-0.1, -0.05) is 6.07 Å². The van der Waals surface area contributed by atoms with Crippen LogP contribution in [0.5, 0.6) is 0 Å². The first-order valence-electron chi connectivity index (χ1n) is 7.99. The molecule has 0 radical (unpaired) electrons. The molecule has 0 amide bonds. The molecule has 7 nitrogen and oxygen atoms in total. The Morgan fingerprint density at radius 1 is 1.33 bits per heavy atom. The molecule has 0 spiro atoms. The van der Waals surface area contributed by atoms with Crippen LogP contribution in [-0.2, 0) is 10.0 Å². The van der Waals surface area contributed by atoms with Crippen molar-refractivity contribution in [3.8, 4) is 0 Å². The van der Waals surface area contributed by atoms with Gasteiger partial charge in [-0.25, -0.2) is 18.4 Å². The number of aromatic amines is 2. The van der Waals surface area contributed by atoms with Crippen molar-refractivity contribution in [2.24, 2.45) is 0 Å². The van der Waals surface area contributed by atoms with E-state index < -0.39 is 10.0 Å². The molecule has 1 unspecified atom stereocenters. The van der Waals surface area contributed by atoms with Crippen LogP contribution in [-0.4, -0.2) is 45.7 Å². The van der Waals surface area contributed by atoms with Crippen LogP contribution >= 0.6 is 0 Å². The van der Waals surface area contributed by atoms with E-state index in [-0.39, 0.29) is 10.9 Å². The highest BCUT2D eigenvalue weighted by atomic mass is 32.2. The summed E-state index contributed by atoms with van der Waals surface area (Å²) in [5.74, 6) is 0.935. The van der Waals surface area contributed by atoms with Crippen LogP contribution in [0, 0.1) is 6.92 Å². The molecule has 1 fully saturated rings. The van der Waals surface area contributed by atoms with E-state index >= 15 is 0 Å². The number of nitrogens with zero attached hydrogens (tertiary/aromatic N) is 3. The van der Waals surface area contributed by atoms with Crippen molar-refractivity contribution in [2.75, 3.05) is 13.1 Å². The molecule has 8 heteroatoms. The highest BCUT2D eigenvalue weighted by Crippen LogP contribution is 2.29. The quantitative estimate of drug-likeness (QED) is 0.760. The minimum Gasteiger partial charge on any atom is -0.342 e. The van der Waals surface area contributed by atoms with Gasteiger partial charge in [-0.3, -0.25) is 0 Å². The lowest BCUT2D eigenvalue weighted by molar-refractivity contribution is 0.309. The van der Waals surface area contributed by atoms with Crippen molar-refractivity contribution in [3.63, 3.8) is 0 Å². The third-order valence-corrected chi connectivity index (χ3v) is 6.31. The lowest BCUT2D eigenvalue weighted by atomic mass is 9.99. The maximum Gasteiger partial charge on any atom is 0.260 e. The number of benzene rings is 1. The SMILES string of the molecule is Cc1ccc2nc(C3CCCN(S(=O)(=O)c4cnc[nH]4)C3)[nH]c2c1. The Kier molecular flexibility index (Phi) is 3.65. The number of aryl methyl sites for hydroxylation is 1. The summed E-state index contributed by atoms with van der Waals surface area (Å²) in [6, 6.07) is 6.09. The molecule has 3 aromatic rings. The first-order valence-corrected chi connectivity index (χ1v) is 9.43. The molecule has 2 aromatic heterocycles. The lowest BCUT2D eigenvalue weighted by Gasteiger charge is -2.30. The summed E-state index contributed by atoms with van der Waals surface area (Å²) in [4.78, 5) is 14.5. The zero-order chi connectivity index (χ0) is 16.7. The van der Waals surface area contributed by atoms with Crippen molar-refractivity contribution in [2.45, 2.75) is 30.7 Å². The maximum absolute atomic E-state index is 12.7. The molecule has 0 aliphatic carbocycles. The van der Waals surface area contributed by atoms with Gasteiger partial charge in [0.15, 0.2) is 5.03 Å². The molecule has 24 heavy (non-hydrogen) atoms. The molecule has 126 valence electrons. The summed E-state index contributed by atoms with van der Waals surface area (Å²) in [6.07, 6.45) is 4.47. The second-order valence-electron chi connectivity index (χ2n) is 6.26. The van der Waals surface area contributed by atoms with Crippen molar-refractivity contribution in [3.05, 3.63) is 42.1 Å². The minimum atomic E-state index is -3.52. The Bertz CT molecular complexity index is 962. The highest BCUT2D eigenvalue weighted by molar-refractivity contribution is 7.89. The van der Waals surface area contributed by atoms with Gasteiger partial charge in [-0.15, -0.1) is 0 Å². The molecule has 1 saturated heterocycles. The first-order chi connectivity index (χ1) is 11.5. The second kappa shape index (κ2) is 5.71. The Morgan fingerprint density at radius 3 is 3.00 bits per heavy atom. The van der Waals surface area contributed by atoms with Gasteiger partial charge in [0, 0.05) is 19.0 Å². The van der Waals surface area contributed by atoms with Crippen molar-refractivity contribution >= 4 is 21.1 Å². The monoisotopic (exact) mass is 345 g/mol. The molecule has 1 aliphatic rings. The van der Waals surface area contributed by atoms with Crippen LogP contribution in [0.2, 0.25) is 0 Å².